The van der Waals surface area contributed by atoms with Crippen LogP contribution in [0.25, 0.3) is 0 Å². The van der Waals surface area contributed by atoms with Gasteiger partial charge in [-0.2, -0.15) is 0 Å². The Balaban J connectivity index is 1.61. The third-order valence-corrected chi connectivity index (χ3v) is 9.56. The SMILES string of the molecule is CC(=CC(=O)CC(C)C)C1CCC2C3CC(O)C4CC(O)CCC4(C)C3=CCC12C. The van der Waals surface area contributed by atoms with Crippen molar-refractivity contribution in [2.75, 3.05) is 0 Å². The Morgan fingerprint density at radius 2 is 1.90 bits per heavy atom. The first kappa shape index (κ1) is 22.3. The fourth-order valence-electron chi connectivity index (χ4n) is 8.12. The third kappa shape index (κ3) is 3.54. The first-order chi connectivity index (χ1) is 14.1. The van der Waals surface area contributed by atoms with Crippen LogP contribution in [0, 0.1) is 40.4 Å². The molecule has 3 heteroatoms. The van der Waals surface area contributed by atoms with E-state index in [1.165, 1.54) is 12.0 Å². The molecule has 2 N–H and O–H groups in total. The Hall–Kier alpha value is -0.930. The number of fused-ring (bicyclic) bond motifs is 5. The van der Waals surface area contributed by atoms with Gasteiger partial charge in [0.05, 0.1) is 12.2 Å². The molecule has 168 valence electrons. The zero-order valence-electron chi connectivity index (χ0n) is 19.7. The molecule has 0 aliphatic heterocycles. The van der Waals surface area contributed by atoms with Gasteiger partial charge in [0.1, 0.15) is 0 Å². The van der Waals surface area contributed by atoms with Crippen LogP contribution in [-0.4, -0.2) is 28.2 Å². The summed E-state index contributed by atoms with van der Waals surface area (Å²) in [7, 11) is 0. The molecule has 4 aliphatic carbocycles. The molecule has 0 radical (unpaired) electrons. The van der Waals surface area contributed by atoms with Crippen LogP contribution >= 0.6 is 0 Å². The first-order valence-electron chi connectivity index (χ1n) is 12.3. The minimum absolute atomic E-state index is 0.0408. The van der Waals surface area contributed by atoms with Crippen molar-refractivity contribution in [1.82, 2.24) is 0 Å². The quantitative estimate of drug-likeness (QED) is 0.474. The third-order valence-electron chi connectivity index (χ3n) is 9.56. The van der Waals surface area contributed by atoms with E-state index >= 15 is 0 Å². The summed E-state index contributed by atoms with van der Waals surface area (Å²) in [5.41, 5.74) is 3.08. The van der Waals surface area contributed by atoms with Crippen LogP contribution in [-0.2, 0) is 4.79 Å². The lowest BCUT2D eigenvalue weighted by atomic mass is 9.48. The zero-order chi connectivity index (χ0) is 21.8. The van der Waals surface area contributed by atoms with Crippen molar-refractivity contribution in [3.05, 3.63) is 23.3 Å². The first-order valence-corrected chi connectivity index (χ1v) is 12.3. The molecule has 3 saturated carbocycles. The summed E-state index contributed by atoms with van der Waals surface area (Å²) in [6.07, 6.45) is 11.4. The largest absolute Gasteiger partial charge is 0.393 e. The molecule has 3 fully saturated rings. The van der Waals surface area contributed by atoms with E-state index in [0.29, 0.717) is 30.1 Å². The van der Waals surface area contributed by atoms with Gasteiger partial charge in [0.15, 0.2) is 5.78 Å². The average molecular weight is 415 g/mol. The minimum Gasteiger partial charge on any atom is -0.393 e. The van der Waals surface area contributed by atoms with Gasteiger partial charge in [-0.1, -0.05) is 44.9 Å². The molecule has 0 saturated heterocycles. The lowest BCUT2D eigenvalue weighted by Gasteiger charge is -2.58. The van der Waals surface area contributed by atoms with E-state index in [-0.39, 0.29) is 34.7 Å². The molecule has 4 aliphatic rings. The summed E-state index contributed by atoms with van der Waals surface area (Å²) in [6.45, 7) is 11.2. The van der Waals surface area contributed by atoms with Crippen molar-refractivity contribution in [2.45, 2.75) is 98.2 Å². The maximum atomic E-state index is 12.4. The van der Waals surface area contributed by atoms with Crippen LogP contribution in [0.2, 0.25) is 0 Å². The summed E-state index contributed by atoms with van der Waals surface area (Å²) in [5.74, 6) is 2.38. The topological polar surface area (TPSA) is 57.5 Å². The second-order valence-electron chi connectivity index (χ2n) is 11.9. The van der Waals surface area contributed by atoms with E-state index in [1.807, 2.05) is 6.08 Å². The molecule has 0 aromatic rings. The molecular formula is C27H42O3. The number of ketones is 1. The van der Waals surface area contributed by atoms with Crippen LogP contribution in [0.4, 0.5) is 0 Å². The van der Waals surface area contributed by atoms with Gasteiger partial charge in [0.2, 0.25) is 0 Å². The Kier molecular flexibility index (Phi) is 5.85. The van der Waals surface area contributed by atoms with Crippen molar-refractivity contribution in [1.29, 1.82) is 0 Å². The number of aliphatic hydroxyl groups excluding tert-OH is 2. The normalized spacial score (nSPS) is 46.1. The summed E-state index contributed by atoms with van der Waals surface area (Å²) in [6, 6.07) is 0. The molecular weight excluding hydrogens is 372 g/mol. The van der Waals surface area contributed by atoms with E-state index < -0.39 is 0 Å². The van der Waals surface area contributed by atoms with Gasteiger partial charge >= 0.3 is 0 Å². The molecule has 3 nitrogen and oxygen atoms in total. The Morgan fingerprint density at radius 3 is 2.60 bits per heavy atom. The predicted molar refractivity (Wildman–Crippen MR) is 121 cm³/mol. The molecule has 0 heterocycles. The zero-order valence-corrected chi connectivity index (χ0v) is 19.7. The Bertz CT molecular complexity index is 749. The number of aliphatic hydroxyl groups is 2. The molecule has 0 amide bonds. The number of hydrogen-bond donors (Lipinski definition) is 2. The van der Waals surface area contributed by atoms with Gasteiger partial charge in [-0.15, -0.1) is 0 Å². The van der Waals surface area contributed by atoms with Crippen LogP contribution in [0.1, 0.15) is 86.0 Å². The van der Waals surface area contributed by atoms with E-state index in [4.69, 9.17) is 0 Å². The molecule has 8 unspecified atom stereocenters. The number of allylic oxidation sites excluding steroid dienone is 4. The van der Waals surface area contributed by atoms with E-state index in [2.05, 4.69) is 40.7 Å². The van der Waals surface area contributed by atoms with Gasteiger partial charge < -0.3 is 10.2 Å². The second kappa shape index (κ2) is 7.89. The highest BCUT2D eigenvalue weighted by Crippen LogP contribution is 2.66. The highest BCUT2D eigenvalue weighted by molar-refractivity contribution is 5.90. The maximum Gasteiger partial charge on any atom is 0.155 e. The van der Waals surface area contributed by atoms with E-state index in [9.17, 15) is 15.0 Å². The molecule has 0 bridgehead atoms. The highest BCUT2D eigenvalue weighted by atomic mass is 16.3. The Morgan fingerprint density at radius 1 is 1.17 bits per heavy atom. The molecule has 30 heavy (non-hydrogen) atoms. The van der Waals surface area contributed by atoms with E-state index in [0.717, 1.165) is 38.5 Å². The van der Waals surface area contributed by atoms with Gasteiger partial charge in [-0.25, -0.2) is 0 Å². The van der Waals surface area contributed by atoms with Gasteiger partial charge in [-0.05, 0) is 98.4 Å². The highest BCUT2D eigenvalue weighted by Gasteiger charge is 2.59. The fraction of sp³-hybridized carbons (Fsp3) is 0.815. The molecule has 0 spiro atoms. The van der Waals surface area contributed by atoms with Crippen LogP contribution in [0.5, 0.6) is 0 Å². The van der Waals surface area contributed by atoms with Crippen LogP contribution in [0.15, 0.2) is 23.3 Å². The summed E-state index contributed by atoms with van der Waals surface area (Å²) in [4.78, 5) is 12.4. The number of carbonyl (C=O) groups is 1. The Labute approximate surface area is 183 Å². The number of carbonyl (C=O) groups excluding carboxylic acids is 1. The number of hydrogen-bond acceptors (Lipinski definition) is 3. The molecule has 8 atom stereocenters. The average Bonchev–Trinajstić information content (AvgIpc) is 3.00. The summed E-state index contributed by atoms with van der Waals surface area (Å²) in [5, 5.41) is 21.3. The van der Waals surface area contributed by atoms with Gasteiger partial charge in [0, 0.05) is 6.42 Å². The monoisotopic (exact) mass is 414 g/mol. The van der Waals surface area contributed by atoms with Crippen molar-refractivity contribution < 1.29 is 15.0 Å². The molecule has 0 aromatic carbocycles. The van der Waals surface area contributed by atoms with Crippen LogP contribution < -0.4 is 0 Å². The maximum absolute atomic E-state index is 12.4. The van der Waals surface area contributed by atoms with Crippen molar-refractivity contribution in [3.8, 4) is 0 Å². The second-order valence-corrected chi connectivity index (χ2v) is 11.9. The lowest BCUT2D eigenvalue weighted by Crippen LogP contribution is -2.53. The van der Waals surface area contributed by atoms with Crippen molar-refractivity contribution in [3.63, 3.8) is 0 Å². The standard InChI is InChI=1S/C27H42O3/c1-16(2)12-19(29)13-17(3)21-6-7-22-20-15-25(30)24-14-18(28)8-10-27(24,5)23(20)9-11-26(21,22)4/h9,13,16,18,20-22,24-25,28,30H,6-8,10-12,14-15H2,1-5H3. The fourth-order valence-corrected chi connectivity index (χ4v) is 8.12. The van der Waals surface area contributed by atoms with Crippen molar-refractivity contribution >= 4 is 5.78 Å². The summed E-state index contributed by atoms with van der Waals surface area (Å²) >= 11 is 0. The number of rotatable bonds is 4. The van der Waals surface area contributed by atoms with Crippen LogP contribution in [0.3, 0.4) is 0 Å². The van der Waals surface area contributed by atoms with Gasteiger partial charge in [-0.3, -0.25) is 4.79 Å². The van der Waals surface area contributed by atoms with Gasteiger partial charge in [0.25, 0.3) is 0 Å². The predicted octanol–water partition coefficient (Wildman–Crippen LogP) is 5.46. The molecule has 0 aromatic heterocycles. The summed E-state index contributed by atoms with van der Waals surface area (Å²) < 4.78 is 0. The van der Waals surface area contributed by atoms with E-state index in [1.54, 1.807) is 5.57 Å². The smallest absolute Gasteiger partial charge is 0.155 e. The lowest BCUT2D eigenvalue weighted by molar-refractivity contribution is -0.115. The minimum atomic E-state index is -0.308. The molecule has 4 rings (SSSR count). The van der Waals surface area contributed by atoms with Crippen molar-refractivity contribution in [2.24, 2.45) is 40.4 Å².